The van der Waals surface area contributed by atoms with Crippen LogP contribution in [0.25, 0.3) is 28.0 Å². The van der Waals surface area contributed by atoms with E-state index in [0.29, 0.717) is 33.4 Å². The van der Waals surface area contributed by atoms with Gasteiger partial charge in [0.1, 0.15) is 18.1 Å². The molecular formula is C32H27N5O4S. The van der Waals surface area contributed by atoms with Crippen molar-refractivity contribution in [2.75, 3.05) is 13.2 Å². The molecular weight excluding hydrogens is 550 g/mol. The van der Waals surface area contributed by atoms with Crippen molar-refractivity contribution in [2.24, 2.45) is 0 Å². The first-order valence-corrected chi connectivity index (χ1v) is 14.6. The molecule has 3 aromatic heterocycles. The largest absolute Gasteiger partial charge is 0.494 e. The highest BCUT2D eigenvalue weighted by Gasteiger charge is 2.27. The lowest BCUT2D eigenvalue weighted by Crippen LogP contribution is -2.26. The molecule has 9 nitrogen and oxygen atoms in total. The molecule has 7 rings (SSSR count). The van der Waals surface area contributed by atoms with Gasteiger partial charge < -0.3 is 14.2 Å². The summed E-state index contributed by atoms with van der Waals surface area (Å²) >= 11 is 1.28. The van der Waals surface area contributed by atoms with E-state index in [2.05, 4.69) is 17.0 Å². The molecule has 210 valence electrons. The summed E-state index contributed by atoms with van der Waals surface area (Å²) in [5.41, 5.74) is 4.25. The van der Waals surface area contributed by atoms with Crippen molar-refractivity contribution in [1.29, 1.82) is 0 Å². The smallest absolute Gasteiger partial charge is 0.291 e. The minimum Gasteiger partial charge on any atom is -0.494 e. The van der Waals surface area contributed by atoms with Crippen LogP contribution in [0.2, 0.25) is 0 Å². The maximum atomic E-state index is 13.5. The molecule has 0 aliphatic carbocycles. The van der Waals surface area contributed by atoms with Crippen molar-refractivity contribution < 1.29 is 14.2 Å². The lowest BCUT2D eigenvalue weighted by atomic mass is 10.0. The third kappa shape index (κ3) is 4.79. The van der Waals surface area contributed by atoms with Crippen molar-refractivity contribution in [1.82, 2.24) is 24.4 Å². The monoisotopic (exact) mass is 577 g/mol. The zero-order valence-corrected chi connectivity index (χ0v) is 23.9. The Bertz CT molecular complexity index is 2010. The lowest BCUT2D eigenvalue weighted by molar-refractivity contribution is 0.0852. The van der Waals surface area contributed by atoms with Crippen LogP contribution in [-0.4, -0.2) is 37.6 Å². The molecule has 0 radical (unpaired) electrons. The fraction of sp³-hybridized carbons (Fsp3) is 0.188. The zero-order chi connectivity index (χ0) is 28.6. The molecule has 42 heavy (non-hydrogen) atoms. The van der Waals surface area contributed by atoms with Crippen LogP contribution in [0.15, 0.2) is 83.8 Å². The maximum Gasteiger partial charge on any atom is 0.291 e. The second-order valence-corrected chi connectivity index (χ2v) is 11.0. The van der Waals surface area contributed by atoms with Crippen LogP contribution in [0.3, 0.4) is 0 Å². The molecule has 0 fully saturated rings. The van der Waals surface area contributed by atoms with Crippen molar-refractivity contribution in [2.45, 2.75) is 26.4 Å². The Morgan fingerprint density at radius 2 is 1.86 bits per heavy atom. The second-order valence-electron chi connectivity index (χ2n) is 9.98. The second kappa shape index (κ2) is 10.8. The molecule has 3 aromatic carbocycles. The molecule has 1 aliphatic heterocycles. The van der Waals surface area contributed by atoms with Gasteiger partial charge in [-0.1, -0.05) is 48.6 Å². The topological polar surface area (TPSA) is 92.8 Å². The number of ether oxygens (including phenoxy) is 3. The quantitative estimate of drug-likeness (QED) is 0.259. The number of benzene rings is 3. The summed E-state index contributed by atoms with van der Waals surface area (Å²) in [6, 6.07) is 23.4. The number of para-hydroxylation sites is 3. The van der Waals surface area contributed by atoms with E-state index in [-0.39, 0.29) is 12.2 Å². The van der Waals surface area contributed by atoms with Crippen LogP contribution >= 0.6 is 11.3 Å². The Morgan fingerprint density at radius 1 is 1.05 bits per heavy atom. The summed E-state index contributed by atoms with van der Waals surface area (Å²) in [4.78, 5) is 18.6. The van der Waals surface area contributed by atoms with E-state index < -0.39 is 6.10 Å². The Morgan fingerprint density at radius 3 is 2.64 bits per heavy atom. The predicted molar refractivity (Wildman–Crippen MR) is 161 cm³/mol. The van der Waals surface area contributed by atoms with Gasteiger partial charge in [-0.05, 0) is 67.4 Å². The van der Waals surface area contributed by atoms with Gasteiger partial charge in [-0.3, -0.25) is 4.79 Å². The van der Waals surface area contributed by atoms with Crippen molar-refractivity contribution >= 4 is 22.4 Å². The van der Waals surface area contributed by atoms with E-state index in [1.54, 1.807) is 0 Å². The van der Waals surface area contributed by atoms with Gasteiger partial charge in [0.25, 0.3) is 5.56 Å². The number of hydrogen-bond donors (Lipinski definition) is 0. The Kier molecular flexibility index (Phi) is 6.67. The summed E-state index contributed by atoms with van der Waals surface area (Å²) in [7, 11) is 0. The fourth-order valence-electron chi connectivity index (χ4n) is 4.90. The summed E-state index contributed by atoms with van der Waals surface area (Å²) in [6.45, 7) is 5.05. The third-order valence-corrected chi connectivity index (χ3v) is 7.93. The number of hydrogen-bond acceptors (Lipinski definition) is 8. The highest BCUT2D eigenvalue weighted by Crippen LogP contribution is 2.35. The standard InChI is InChI=1S/C32H27N5O4S/c1-3-15-39-23-13-14-24(20(2)16-23)29-21(18-36(34-29)22-9-5-4-6-10-22)17-28-31(38)37-32(42-28)33-30(35-37)27-19-40-25-11-7-8-12-26(25)41-27/h4-14,16-18,27H,3,15,19H2,1-2H3/b28-17-. The van der Waals surface area contributed by atoms with Crippen LogP contribution in [0.1, 0.15) is 36.4 Å². The van der Waals surface area contributed by atoms with Crippen molar-refractivity contribution in [3.63, 3.8) is 0 Å². The number of aryl methyl sites for hydroxylation is 1. The lowest BCUT2D eigenvalue weighted by Gasteiger charge is -2.24. The molecule has 1 aliphatic rings. The molecule has 1 atom stereocenters. The van der Waals surface area contributed by atoms with Gasteiger partial charge in [0.05, 0.1) is 16.8 Å². The Balaban J connectivity index is 1.28. The number of rotatable bonds is 7. The first-order valence-electron chi connectivity index (χ1n) is 13.8. The molecule has 10 heteroatoms. The molecule has 1 unspecified atom stereocenters. The average Bonchev–Trinajstić information content (AvgIpc) is 3.71. The highest BCUT2D eigenvalue weighted by molar-refractivity contribution is 7.15. The van der Waals surface area contributed by atoms with Gasteiger partial charge >= 0.3 is 0 Å². The summed E-state index contributed by atoms with van der Waals surface area (Å²) in [5.74, 6) is 2.55. The first-order chi connectivity index (χ1) is 20.6. The molecule has 0 amide bonds. The van der Waals surface area contributed by atoms with Gasteiger partial charge in [0.2, 0.25) is 4.96 Å². The molecule has 4 heterocycles. The SMILES string of the molecule is CCCOc1ccc(-c2nn(-c3ccccc3)cc2/C=c2\sc3nc(C4COc5ccccc5O4)nn3c2=O)c(C)c1. The molecule has 0 saturated carbocycles. The number of nitrogens with zero attached hydrogens (tertiary/aromatic N) is 5. The number of thiazole rings is 1. The summed E-state index contributed by atoms with van der Waals surface area (Å²) in [6.07, 6.45) is 4.25. The van der Waals surface area contributed by atoms with Gasteiger partial charge in [-0.2, -0.15) is 14.6 Å². The minimum absolute atomic E-state index is 0.246. The van der Waals surface area contributed by atoms with Gasteiger partial charge in [-0.15, -0.1) is 5.10 Å². The van der Waals surface area contributed by atoms with Crippen LogP contribution < -0.4 is 24.3 Å². The molecule has 0 saturated heterocycles. The molecule has 0 bridgehead atoms. The Labute approximate surface area is 245 Å². The average molecular weight is 578 g/mol. The van der Waals surface area contributed by atoms with Gasteiger partial charge in [0, 0.05) is 17.3 Å². The normalized spacial score (nSPS) is 14.9. The van der Waals surface area contributed by atoms with E-state index in [9.17, 15) is 4.79 Å². The third-order valence-electron chi connectivity index (χ3n) is 6.97. The number of aromatic nitrogens is 5. The fourth-order valence-corrected chi connectivity index (χ4v) is 5.81. The van der Waals surface area contributed by atoms with Gasteiger partial charge in [-0.25, -0.2) is 4.68 Å². The van der Waals surface area contributed by atoms with Crippen molar-refractivity contribution in [3.8, 4) is 34.2 Å². The van der Waals surface area contributed by atoms with Crippen LogP contribution in [0.5, 0.6) is 17.2 Å². The van der Waals surface area contributed by atoms with Crippen molar-refractivity contribution in [3.05, 3.63) is 111 Å². The predicted octanol–water partition coefficient (Wildman–Crippen LogP) is 5.16. The van der Waals surface area contributed by atoms with E-state index >= 15 is 0 Å². The molecule has 6 aromatic rings. The van der Waals surface area contributed by atoms with E-state index in [1.165, 1.54) is 15.9 Å². The molecule has 0 spiro atoms. The van der Waals surface area contributed by atoms with Crippen LogP contribution in [-0.2, 0) is 0 Å². The maximum absolute atomic E-state index is 13.5. The summed E-state index contributed by atoms with van der Waals surface area (Å²) in [5, 5.41) is 9.44. The molecule has 0 N–H and O–H groups in total. The van der Waals surface area contributed by atoms with Crippen LogP contribution in [0.4, 0.5) is 0 Å². The summed E-state index contributed by atoms with van der Waals surface area (Å²) < 4.78 is 21.4. The number of fused-ring (bicyclic) bond motifs is 2. The zero-order valence-electron chi connectivity index (χ0n) is 23.1. The minimum atomic E-state index is -0.498. The highest BCUT2D eigenvalue weighted by atomic mass is 32.1. The van der Waals surface area contributed by atoms with E-state index in [4.69, 9.17) is 19.3 Å². The Hall–Kier alpha value is -4.96. The van der Waals surface area contributed by atoms with Crippen LogP contribution in [0, 0.1) is 6.92 Å². The van der Waals surface area contributed by atoms with Gasteiger partial charge in [0.15, 0.2) is 23.4 Å². The van der Waals surface area contributed by atoms with E-state index in [1.807, 2.05) is 96.7 Å². The first kappa shape index (κ1) is 26.0. The van der Waals surface area contributed by atoms with E-state index in [0.717, 1.165) is 40.2 Å².